The van der Waals surface area contributed by atoms with Crippen LogP contribution in [-0.4, -0.2) is 43.3 Å². The number of nitrogens with zero attached hydrogens (tertiary/aromatic N) is 1. The predicted molar refractivity (Wildman–Crippen MR) is 123 cm³/mol. The van der Waals surface area contributed by atoms with Crippen LogP contribution < -0.4 is 20.5 Å². The molecule has 2 aliphatic carbocycles. The molecule has 2 aromatic rings. The van der Waals surface area contributed by atoms with E-state index in [2.05, 4.69) is 59.9 Å². The molecule has 0 amide bonds. The molecule has 0 saturated heterocycles. The molecule has 0 spiro atoms. The SMILES string of the molecule is CC[NH+](C)CCCNCc1cccc(-c2cc[nH+]c([NH2+]CCc3cc4c([OH2+])cc3-4)n2)c1. The second kappa shape index (κ2) is 10.0. The van der Waals surface area contributed by atoms with Gasteiger partial charge in [0.05, 0.1) is 38.4 Å². The van der Waals surface area contributed by atoms with Gasteiger partial charge in [0.25, 0.3) is 5.75 Å². The summed E-state index contributed by atoms with van der Waals surface area (Å²) in [7, 11) is 2.25. The number of aromatic nitrogens is 2. The van der Waals surface area contributed by atoms with E-state index in [-0.39, 0.29) is 0 Å². The summed E-state index contributed by atoms with van der Waals surface area (Å²) in [5.41, 5.74) is 7.21. The lowest BCUT2D eigenvalue weighted by atomic mass is 9.84. The van der Waals surface area contributed by atoms with Crippen LogP contribution in [0.25, 0.3) is 22.4 Å². The van der Waals surface area contributed by atoms with Crippen molar-refractivity contribution < 1.29 is 20.3 Å². The highest BCUT2D eigenvalue weighted by atomic mass is 16.3. The van der Waals surface area contributed by atoms with E-state index in [1.807, 2.05) is 18.3 Å². The van der Waals surface area contributed by atoms with Crippen LogP contribution in [0.15, 0.2) is 48.7 Å². The Morgan fingerprint density at radius 1 is 1.16 bits per heavy atom. The van der Waals surface area contributed by atoms with Crippen molar-refractivity contribution in [1.29, 1.82) is 0 Å². The van der Waals surface area contributed by atoms with E-state index in [9.17, 15) is 0 Å². The van der Waals surface area contributed by atoms with Gasteiger partial charge in [0.1, 0.15) is 0 Å². The lowest BCUT2D eigenvalue weighted by Gasteiger charge is -2.19. The van der Waals surface area contributed by atoms with Crippen LogP contribution >= 0.6 is 0 Å². The second-order valence-electron chi connectivity index (χ2n) is 8.45. The summed E-state index contributed by atoms with van der Waals surface area (Å²) in [6.07, 6.45) is 4.17. The van der Waals surface area contributed by atoms with Crippen LogP contribution in [0.1, 0.15) is 24.5 Å². The van der Waals surface area contributed by atoms with Gasteiger partial charge < -0.3 is 15.3 Å². The quantitative estimate of drug-likeness (QED) is 0.229. The van der Waals surface area contributed by atoms with Crippen LogP contribution in [0.4, 0.5) is 5.95 Å². The number of aromatic amines is 1. The largest absolute Gasteiger partial charge is 0.593 e. The van der Waals surface area contributed by atoms with Crippen molar-refractivity contribution in [2.24, 2.45) is 0 Å². The molecule has 6 heteroatoms. The number of rotatable bonds is 12. The van der Waals surface area contributed by atoms with Gasteiger partial charge >= 0.3 is 5.95 Å². The number of nitrogens with one attached hydrogen (secondary N) is 3. The number of quaternary nitrogens is 2. The third kappa shape index (κ3) is 5.28. The zero-order chi connectivity index (χ0) is 21.6. The average Bonchev–Trinajstić information content (AvgIpc) is 2.79. The minimum Gasteiger partial charge on any atom is -0.593 e. The first-order chi connectivity index (χ1) is 15.1. The molecule has 2 aliphatic rings. The zero-order valence-corrected chi connectivity index (χ0v) is 18.6. The van der Waals surface area contributed by atoms with Gasteiger partial charge in [0.15, 0.2) is 5.69 Å². The number of hydrogen-bond donors (Lipinski definition) is 3. The summed E-state index contributed by atoms with van der Waals surface area (Å²) in [6.45, 7) is 7.50. The normalized spacial score (nSPS) is 12.7. The number of benzene rings is 2. The first kappa shape index (κ1) is 21.4. The maximum Gasteiger partial charge on any atom is 0.492 e. The van der Waals surface area contributed by atoms with Crippen molar-refractivity contribution in [3.8, 4) is 28.1 Å². The van der Waals surface area contributed by atoms with Gasteiger partial charge in [-0.3, -0.25) is 0 Å². The Kier molecular flexibility index (Phi) is 6.92. The number of nitrogens with two attached hydrogens (primary N) is 1. The fourth-order valence-electron chi connectivity index (χ4n) is 3.97. The molecule has 4 rings (SSSR count). The van der Waals surface area contributed by atoms with E-state index >= 15 is 0 Å². The highest BCUT2D eigenvalue weighted by Crippen LogP contribution is 2.45. The van der Waals surface area contributed by atoms with E-state index in [0.717, 1.165) is 48.8 Å². The maximum atomic E-state index is 7.63. The Bertz CT molecular complexity index is 1040. The van der Waals surface area contributed by atoms with E-state index in [1.165, 1.54) is 36.2 Å². The van der Waals surface area contributed by atoms with Crippen LogP contribution in [0, 0.1) is 0 Å². The Balaban J connectivity index is 1.28. The molecule has 162 valence electrons. The number of hydrogen-bond acceptors (Lipinski definition) is 2. The van der Waals surface area contributed by atoms with Crippen molar-refractivity contribution in [3.63, 3.8) is 0 Å². The standard InChI is InChI=1S/C25H31N5O/c1-3-30(2)13-5-10-26-17-18-6-4-7-20(14-18)23-9-12-28-25(29-23)27-11-8-19-15-22-21(19)16-24(22)31/h4,6-7,9,12,14-16,26,31H,3,5,8,10-11,13,17H2,1-2H3,(H,27,28,29)/p+4. The lowest BCUT2D eigenvalue weighted by Crippen LogP contribution is -3.08. The molecule has 0 fully saturated rings. The fourth-order valence-corrected chi connectivity index (χ4v) is 3.97. The lowest BCUT2D eigenvalue weighted by molar-refractivity contribution is -0.877. The van der Waals surface area contributed by atoms with E-state index in [0.29, 0.717) is 5.75 Å². The van der Waals surface area contributed by atoms with Crippen LogP contribution in [0.2, 0.25) is 0 Å². The average molecular weight is 422 g/mol. The minimum absolute atomic E-state index is 0.674. The first-order valence-electron chi connectivity index (χ1n) is 11.4. The van der Waals surface area contributed by atoms with Crippen molar-refractivity contribution in [2.45, 2.75) is 26.3 Å². The topological polar surface area (TPSA) is 83.0 Å². The van der Waals surface area contributed by atoms with Crippen molar-refractivity contribution in [3.05, 3.63) is 59.8 Å². The molecular weight excluding hydrogens is 386 g/mol. The van der Waals surface area contributed by atoms with Crippen molar-refractivity contribution in [1.82, 2.24) is 10.3 Å². The summed E-state index contributed by atoms with van der Waals surface area (Å²) < 4.78 is 0. The second-order valence-corrected chi connectivity index (χ2v) is 8.45. The van der Waals surface area contributed by atoms with E-state index in [1.54, 1.807) is 4.90 Å². The molecule has 1 heterocycles. The minimum atomic E-state index is 0.674. The Labute approximate surface area is 184 Å². The summed E-state index contributed by atoms with van der Waals surface area (Å²) in [4.78, 5) is 9.65. The van der Waals surface area contributed by atoms with Gasteiger partial charge in [-0.25, -0.2) is 5.32 Å². The third-order valence-electron chi connectivity index (χ3n) is 6.11. The molecule has 0 aliphatic heterocycles. The van der Waals surface area contributed by atoms with Crippen molar-refractivity contribution >= 4 is 5.95 Å². The smallest absolute Gasteiger partial charge is 0.492 e. The zero-order valence-electron chi connectivity index (χ0n) is 18.6. The fraction of sp³-hybridized carbons (Fsp3) is 0.360. The van der Waals surface area contributed by atoms with E-state index < -0.39 is 0 Å². The molecule has 7 N–H and O–H groups in total. The van der Waals surface area contributed by atoms with Crippen LogP contribution in [0.3, 0.4) is 0 Å². The molecule has 0 radical (unpaired) electrons. The summed E-state index contributed by atoms with van der Waals surface area (Å²) in [6, 6.07) is 14.8. The first-order valence-corrected chi connectivity index (χ1v) is 11.4. The molecular formula is C25H35N5O+4. The Morgan fingerprint density at radius 2 is 2.06 bits per heavy atom. The Morgan fingerprint density at radius 3 is 2.84 bits per heavy atom. The van der Waals surface area contributed by atoms with Gasteiger partial charge in [0.2, 0.25) is 0 Å². The van der Waals surface area contributed by atoms with Crippen molar-refractivity contribution in [2.75, 3.05) is 33.2 Å². The summed E-state index contributed by atoms with van der Waals surface area (Å²) in [5, 5.41) is 13.4. The van der Waals surface area contributed by atoms with Gasteiger partial charge in [-0.05, 0) is 30.2 Å². The monoisotopic (exact) mass is 421 g/mol. The van der Waals surface area contributed by atoms with Gasteiger partial charge in [0, 0.05) is 54.2 Å². The summed E-state index contributed by atoms with van der Waals surface area (Å²) in [5.74, 6) is 1.58. The molecule has 0 saturated carbocycles. The maximum absolute atomic E-state index is 7.63. The molecule has 1 atom stereocenters. The summed E-state index contributed by atoms with van der Waals surface area (Å²) >= 11 is 0. The molecule has 31 heavy (non-hydrogen) atoms. The number of H-pyrrole nitrogens is 1. The van der Waals surface area contributed by atoms with Crippen LogP contribution in [0.5, 0.6) is 5.75 Å². The van der Waals surface area contributed by atoms with Crippen LogP contribution in [-0.2, 0) is 13.0 Å². The van der Waals surface area contributed by atoms with E-state index in [4.69, 9.17) is 10.1 Å². The molecule has 0 bridgehead atoms. The molecule has 6 nitrogen and oxygen atoms in total. The van der Waals surface area contributed by atoms with Gasteiger partial charge in [-0.2, -0.15) is 4.98 Å². The number of fused-ring (bicyclic) bond motifs is 1. The molecule has 1 unspecified atom stereocenters. The molecule has 1 aromatic carbocycles. The highest BCUT2D eigenvalue weighted by Gasteiger charge is 2.26. The molecule has 1 aromatic heterocycles. The predicted octanol–water partition coefficient (Wildman–Crippen LogP) is 0.433. The highest BCUT2D eigenvalue weighted by molar-refractivity contribution is 5.88. The van der Waals surface area contributed by atoms with Gasteiger partial charge in [-0.15, -0.1) is 0 Å². The third-order valence-corrected chi connectivity index (χ3v) is 6.11. The van der Waals surface area contributed by atoms with Gasteiger partial charge in [-0.1, -0.05) is 18.2 Å². The Hall–Kier alpha value is -2.80.